The second-order valence-electron chi connectivity index (χ2n) is 6.11. The van der Waals surface area contributed by atoms with Crippen LogP contribution in [0.1, 0.15) is 25.7 Å². The van der Waals surface area contributed by atoms with Gasteiger partial charge in [0.05, 0.1) is 28.6 Å². The van der Waals surface area contributed by atoms with Gasteiger partial charge in [-0.1, -0.05) is 6.42 Å². The van der Waals surface area contributed by atoms with Gasteiger partial charge in [0.2, 0.25) is 0 Å². The van der Waals surface area contributed by atoms with Gasteiger partial charge in [0.15, 0.2) is 0 Å². The summed E-state index contributed by atoms with van der Waals surface area (Å²) in [5.41, 5.74) is 8.17. The van der Waals surface area contributed by atoms with Crippen molar-refractivity contribution in [1.29, 1.82) is 0 Å². The highest BCUT2D eigenvalue weighted by atomic mass is 16.1. The normalized spacial score (nSPS) is 28.1. The zero-order valence-electron chi connectivity index (χ0n) is 11.2. The van der Waals surface area contributed by atoms with E-state index in [0.29, 0.717) is 22.6 Å². The molecule has 5 nitrogen and oxygen atoms in total. The van der Waals surface area contributed by atoms with Crippen molar-refractivity contribution in [1.82, 2.24) is 9.97 Å². The number of fused-ring (bicyclic) bond motifs is 3. The van der Waals surface area contributed by atoms with Crippen molar-refractivity contribution in [2.75, 3.05) is 11.1 Å². The number of nitrogens with one attached hydrogen (secondary N) is 2. The maximum absolute atomic E-state index is 11.7. The second-order valence-corrected chi connectivity index (χ2v) is 6.11. The molecule has 4 N–H and O–H groups in total. The number of nitrogens with two attached hydrogens (primary N) is 1. The van der Waals surface area contributed by atoms with E-state index in [-0.39, 0.29) is 5.56 Å². The molecule has 0 saturated heterocycles. The first-order valence-electron chi connectivity index (χ1n) is 7.24. The highest BCUT2D eigenvalue weighted by Crippen LogP contribution is 2.46. The van der Waals surface area contributed by atoms with Gasteiger partial charge >= 0.3 is 0 Å². The Morgan fingerprint density at radius 3 is 2.95 bits per heavy atom. The number of hydrogen-bond donors (Lipinski definition) is 3. The molecule has 0 amide bonds. The van der Waals surface area contributed by atoms with E-state index in [1.807, 2.05) is 6.07 Å². The Balaban J connectivity index is 1.69. The summed E-state index contributed by atoms with van der Waals surface area (Å²) in [7, 11) is 0. The monoisotopic (exact) mass is 270 g/mol. The second kappa shape index (κ2) is 4.23. The first-order chi connectivity index (χ1) is 9.70. The SMILES string of the molecule is Nc1cc2c(=O)[nH]cnc2cc1NC1CC2CCC1C2. The lowest BCUT2D eigenvalue weighted by Crippen LogP contribution is -2.26. The molecular weight excluding hydrogens is 252 g/mol. The maximum Gasteiger partial charge on any atom is 0.258 e. The maximum atomic E-state index is 11.7. The standard InChI is InChI=1S/C15H18N4O/c16-11-5-10-13(17-7-18-15(10)20)6-14(11)19-12-4-8-1-2-9(12)3-8/h5-9,12,19H,1-4,16H2,(H,17,18,20). The minimum Gasteiger partial charge on any atom is -0.397 e. The summed E-state index contributed by atoms with van der Waals surface area (Å²) in [5, 5.41) is 4.12. The highest BCUT2D eigenvalue weighted by molar-refractivity contribution is 5.88. The minimum absolute atomic E-state index is 0.145. The molecule has 1 heterocycles. The van der Waals surface area contributed by atoms with Gasteiger partial charge in [-0.15, -0.1) is 0 Å². The summed E-state index contributed by atoms with van der Waals surface area (Å²) >= 11 is 0. The van der Waals surface area contributed by atoms with Crippen molar-refractivity contribution in [2.24, 2.45) is 11.8 Å². The van der Waals surface area contributed by atoms with Gasteiger partial charge < -0.3 is 16.0 Å². The highest BCUT2D eigenvalue weighted by Gasteiger charge is 2.39. The molecule has 3 atom stereocenters. The summed E-state index contributed by atoms with van der Waals surface area (Å²) < 4.78 is 0. The summed E-state index contributed by atoms with van der Waals surface area (Å²) in [5.74, 6) is 1.67. The lowest BCUT2D eigenvalue weighted by Gasteiger charge is -2.24. The van der Waals surface area contributed by atoms with Gasteiger partial charge in [0.25, 0.3) is 5.56 Å². The first-order valence-corrected chi connectivity index (χ1v) is 7.24. The lowest BCUT2D eigenvalue weighted by atomic mass is 9.95. The molecule has 3 unspecified atom stereocenters. The van der Waals surface area contributed by atoms with Crippen molar-refractivity contribution in [3.63, 3.8) is 0 Å². The van der Waals surface area contributed by atoms with E-state index in [1.165, 1.54) is 32.0 Å². The summed E-state index contributed by atoms with van der Waals surface area (Å²) in [6.07, 6.45) is 6.73. The van der Waals surface area contributed by atoms with Crippen molar-refractivity contribution >= 4 is 22.3 Å². The predicted octanol–water partition coefficient (Wildman–Crippen LogP) is 2.11. The summed E-state index contributed by atoms with van der Waals surface area (Å²) in [6, 6.07) is 4.14. The fraction of sp³-hybridized carbons (Fsp3) is 0.467. The molecular formula is C15H18N4O. The molecule has 20 heavy (non-hydrogen) atoms. The van der Waals surface area contributed by atoms with Gasteiger partial charge in [-0.25, -0.2) is 4.98 Å². The predicted molar refractivity (Wildman–Crippen MR) is 79.6 cm³/mol. The van der Waals surface area contributed by atoms with E-state index in [2.05, 4.69) is 15.3 Å². The van der Waals surface area contributed by atoms with Crippen LogP contribution < -0.4 is 16.6 Å². The Labute approximate surface area is 116 Å². The van der Waals surface area contributed by atoms with Gasteiger partial charge in [0, 0.05) is 6.04 Å². The smallest absolute Gasteiger partial charge is 0.258 e. The zero-order chi connectivity index (χ0) is 13.7. The molecule has 2 aliphatic rings. The van der Waals surface area contributed by atoms with Crippen LogP contribution in [0, 0.1) is 11.8 Å². The van der Waals surface area contributed by atoms with Crippen LogP contribution in [0.3, 0.4) is 0 Å². The molecule has 2 fully saturated rings. The minimum atomic E-state index is -0.145. The van der Waals surface area contributed by atoms with E-state index in [1.54, 1.807) is 6.07 Å². The molecule has 2 bridgehead atoms. The number of rotatable bonds is 2. The number of benzene rings is 1. The van der Waals surface area contributed by atoms with Gasteiger partial charge in [0.1, 0.15) is 0 Å². The molecule has 5 heteroatoms. The van der Waals surface area contributed by atoms with Crippen molar-refractivity contribution < 1.29 is 0 Å². The Morgan fingerprint density at radius 1 is 1.30 bits per heavy atom. The molecule has 0 spiro atoms. The van der Waals surface area contributed by atoms with E-state index >= 15 is 0 Å². The molecule has 2 saturated carbocycles. The number of aromatic nitrogens is 2. The number of aromatic amines is 1. The van der Waals surface area contributed by atoms with Crippen molar-refractivity contribution in [3.8, 4) is 0 Å². The fourth-order valence-corrected chi connectivity index (χ4v) is 3.88. The number of nitrogen functional groups attached to an aromatic ring is 1. The fourth-order valence-electron chi connectivity index (χ4n) is 3.88. The summed E-state index contributed by atoms with van der Waals surface area (Å²) in [4.78, 5) is 18.5. The first kappa shape index (κ1) is 11.8. The number of nitrogens with zero attached hydrogens (tertiary/aromatic N) is 1. The van der Waals surface area contributed by atoms with E-state index in [0.717, 1.165) is 17.5 Å². The Hall–Kier alpha value is -2.04. The zero-order valence-corrected chi connectivity index (χ0v) is 11.2. The number of hydrogen-bond acceptors (Lipinski definition) is 4. The third-order valence-corrected chi connectivity index (χ3v) is 4.89. The molecule has 4 rings (SSSR count). The van der Waals surface area contributed by atoms with Crippen LogP contribution in [0.4, 0.5) is 11.4 Å². The molecule has 0 aliphatic heterocycles. The van der Waals surface area contributed by atoms with Crippen LogP contribution >= 0.6 is 0 Å². The number of anilines is 2. The summed E-state index contributed by atoms with van der Waals surface area (Å²) in [6.45, 7) is 0. The quantitative estimate of drug-likeness (QED) is 0.730. The van der Waals surface area contributed by atoms with E-state index in [4.69, 9.17) is 5.73 Å². The third-order valence-electron chi connectivity index (χ3n) is 4.89. The molecule has 0 radical (unpaired) electrons. The lowest BCUT2D eigenvalue weighted by molar-refractivity contribution is 0.440. The van der Waals surface area contributed by atoms with Crippen LogP contribution in [0.25, 0.3) is 10.9 Å². The Morgan fingerprint density at radius 2 is 2.20 bits per heavy atom. The van der Waals surface area contributed by atoms with E-state index < -0.39 is 0 Å². The van der Waals surface area contributed by atoms with Crippen LogP contribution in [0.5, 0.6) is 0 Å². The van der Waals surface area contributed by atoms with Crippen LogP contribution in [0.2, 0.25) is 0 Å². The van der Waals surface area contributed by atoms with Crippen molar-refractivity contribution in [3.05, 3.63) is 28.8 Å². The molecule has 1 aromatic carbocycles. The van der Waals surface area contributed by atoms with Crippen LogP contribution in [-0.2, 0) is 0 Å². The largest absolute Gasteiger partial charge is 0.397 e. The molecule has 2 aliphatic carbocycles. The third kappa shape index (κ3) is 1.77. The number of H-pyrrole nitrogens is 1. The van der Waals surface area contributed by atoms with Crippen LogP contribution in [-0.4, -0.2) is 16.0 Å². The average molecular weight is 270 g/mol. The van der Waals surface area contributed by atoms with E-state index in [9.17, 15) is 4.79 Å². The molecule has 1 aromatic heterocycles. The van der Waals surface area contributed by atoms with Crippen LogP contribution in [0.15, 0.2) is 23.3 Å². The average Bonchev–Trinajstić information content (AvgIpc) is 3.03. The van der Waals surface area contributed by atoms with Gasteiger partial charge in [-0.2, -0.15) is 0 Å². The van der Waals surface area contributed by atoms with Gasteiger partial charge in [-0.3, -0.25) is 4.79 Å². The van der Waals surface area contributed by atoms with Crippen molar-refractivity contribution in [2.45, 2.75) is 31.7 Å². The Bertz CT molecular complexity index is 723. The molecule has 104 valence electrons. The molecule has 2 aromatic rings. The topological polar surface area (TPSA) is 83.8 Å². The Kier molecular flexibility index (Phi) is 2.49. The van der Waals surface area contributed by atoms with Gasteiger partial charge in [-0.05, 0) is 43.2 Å².